The molecule has 1 aliphatic heterocycles. The fourth-order valence-electron chi connectivity index (χ4n) is 4.62. The molecule has 0 N–H and O–H groups in total. The number of carbonyl (C=O) groups is 1. The van der Waals surface area contributed by atoms with Gasteiger partial charge in [-0.25, -0.2) is 0 Å². The lowest BCUT2D eigenvalue weighted by molar-refractivity contribution is -0.152. The molecule has 2 aliphatic rings. The number of nitrogens with zero attached hydrogens (tertiary/aromatic N) is 1. The molecule has 1 saturated carbocycles. The lowest BCUT2D eigenvalue weighted by Gasteiger charge is -2.46. The Bertz CT molecular complexity index is 516. The van der Waals surface area contributed by atoms with E-state index in [9.17, 15) is 4.79 Å². The second-order valence-corrected chi connectivity index (χ2v) is 7.38. The summed E-state index contributed by atoms with van der Waals surface area (Å²) in [5, 5.41) is 0. The fraction of sp³-hybridized carbons (Fsp3) is 0.667. The predicted octanol–water partition coefficient (Wildman–Crippen LogP) is 4.06. The molecule has 0 aromatic heterocycles. The Morgan fingerprint density at radius 1 is 1.21 bits per heavy atom. The van der Waals surface area contributed by atoms with Gasteiger partial charge in [0.25, 0.3) is 0 Å². The van der Waals surface area contributed by atoms with Crippen molar-refractivity contribution in [2.75, 3.05) is 19.7 Å². The first-order valence-electron chi connectivity index (χ1n) is 9.72. The molecule has 1 heterocycles. The number of esters is 1. The summed E-state index contributed by atoms with van der Waals surface area (Å²) < 4.78 is 5.32. The number of carbonyl (C=O) groups excluding carboxylic acids is 1. The Labute approximate surface area is 146 Å². The molecule has 1 aromatic carbocycles. The first-order valence-corrected chi connectivity index (χ1v) is 9.72. The van der Waals surface area contributed by atoms with Gasteiger partial charge in [-0.1, -0.05) is 43.2 Å². The molecule has 24 heavy (non-hydrogen) atoms. The number of rotatable bonds is 6. The molecule has 3 atom stereocenters. The Morgan fingerprint density at radius 2 is 2.00 bits per heavy atom. The average molecular weight is 329 g/mol. The van der Waals surface area contributed by atoms with Crippen LogP contribution in [0.3, 0.4) is 0 Å². The third kappa shape index (κ3) is 4.38. The molecule has 3 nitrogen and oxygen atoms in total. The third-order valence-electron chi connectivity index (χ3n) is 5.75. The van der Waals surface area contributed by atoms with Crippen LogP contribution < -0.4 is 0 Å². The van der Waals surface area contributed by atoms with Crippen molar-refractivity contribution in [3.8, 4) is 0 Å². The summed E-state index contributed by atoms with van der Waals surface area (Å²) in [5.74, 6) is 0.800. The Balaban J connectivity index is 1.58. The summed E-state index contributed by atoms with van der Waals surface area (Å²) in [7, 11) is 0. The highest BCUT2D eigenvalue weighted by molar-refractivity contribution is 5.72. The summed E-state index contributed by atoms with van der Waals surface area (Å²) in [6.45, 7) is 4.40. The zero-order valence-electron chi connectivity index (χ0n) is 15.0. The molecule has 1 aromatic rings. The molecular weight excluding hydrogens is 298 g/mol. The molecular formula is C21H31NO2. The van der Waals surface area contributed by atoms with E-state index in [0.717, 1.165) is 25.9 Å². The Kier molecular flexibility index (Phi) is 6.30. The van der Waals surface area contributed by atoms with Crippen molar-refractivity contribution < 1.29 is 9.53 Å². The van der Waals surface area contributed by atoms with Gasteiger partial charge in [-0.3, -0.25) is 9.69 Å². The first kappa shape index (κ1) is 17.5. The van der Waals surface area contributed by atoms with Gasteiger partial charge in [-0.15, -0.1) is 0 Å². The summed E-state index contributed by atoms with van der Waals surface area (Å²) in [5.41, 5.74) is 1.41. The van der Waals surface area contributed by atoms with E-state index in [1.54, 1.807) is 0 Å². The summed E-state index contributed by atoms with van der Waals surface area (Å²) in [6, 6.07) is 11.4. The van der Waals surface area contributed by atoms with E-state index in [4.69, 9.17) is 4.74 Å². The summed E-state index contributed by atoms with van der Waals surface area (Å²) in [4.78, 5) is 14.9. The lowest BCUT2D eigenvalue weighted by atomic mass is 9.75. The van der Waals surface area contributed by atoms with Crippen molar-refractivity contribution in [3.63, 3.8) is 0 Å². The normalized spacial score (nSPS) is 27.5. The molecule has 0 unspecified atom stereocenters. The van der Waals surface area contributed by atoms with Crippen molar-refractivity contribution >= 4 is 5.97 Å². The number of piperidine rings is 1. The number of benzene rings is 1. The maximum atomic E-state index is 12.3. The van der Waals surface area contributed by atoms with Crippen molar-refractivity contribution in [2.24, 2.45) is 11.8 Å². The molecule has 0 bridgehead atoms. The number of ether oxygens (including phenoxy) is 1. The van der Waals surface area contributed by atoms with Gasteiger partial charge in [0.15, 0.2) is 0 Å². The van der Waals surface area contributed by atoms with E-state index < -0.39 is 0 Å². The molecule has 132 valence electrons. The highest BCUT2D eigenvalue weighted by Crippen LogP contribution is 2.38. The van der Waals surface area contributed by atoms with Crippen LogP contribution in [-0.4, -0.2) is 36.6 Å². The van der Waals surface area contributed by atoms with Gasteiger partial charge in [-0.2, -0.15) is 0 Å². The van der Waals surface area contributed by atoms with Crippen LogP contribution in [0.25, 0.3) is 0 Å². The van der Waals surface area contributed by atoms with Crippen LogP contribution in [0, 0.1) is 11.8 Å². The van der Waals surface area contributed by atoms with Crippen molar-refractivity contribution in [1.29, 1.82) is 0 Å². The summed E-state index contributed by atoms with van der Waals surface area (Å²) in [6.07, 6.45) is 8.61. The second-order valence-electron chi connectivity index (χ2n) is 7.38. The first-order chi connectivity index (χ1) is 11.8. The van der Waals surface area contributed by atoms with Gasteiger partial charge < -0.3 is 4.74 Å². The average Bonchev–Trinajstić information content (AvgIpc) is 2.62. The topological polar surface area (TPSA) is 29.5 Å². The molecule has 0 amide bonds. The van der Waals surface area contributed by atoms with Crippen LogP contribution in [0.4, 0.5) is 0 Å². The SMILES string of the molecule is CCOC(=O)[C@H]1C[C@H]2CCCC[C@H]2N(CCCc2ccccc2)C1. The maximum Gasteiger partial charge on any atom is 0.310 e. The highest BCUT2D eigenvalue weighted by atomic mass is 16.5. The highest BCUT2D eigenvalue weighted by Gasteiger charge is 2.39. The van der Waals surface area contributed by atoms with Crippen LogP contribution in [0.15, 0.2) is 30.3 Å². The zero-order valence-corrected chi connectivity index (χ0v) is 15.0. The van der Waals surface area contributed by atoms with Crippen LogP contribution in [0.2, 0.25) is 0 Å². The summed E-state index contributed by atoms with van der Waals surface area (Å²) >= 11 is 0. The van der Waals surface area contributed by atoms with Crippen LogP contribution in [0.1, 0.15) is 51.0 Å². The largest absolute Gasteiger partial charge is 0.466 e. The number of hydrogen-bond donors (Lipinski definition) is 0. The standard InChI is InChI=1S/C21H31NO2/c1-2-24-21(23)19-15-18-12-6-7-13-20(18)22(16-19)14-8-11-17-9-4-3-5-10-17/h3-5,9-10,18-20H,2,6-8,11-16H2,1H3/t18-,19+,20-/m1/s1. The molecule has 0 radical (unpaired) electrons. The van der Waals surface area contributed by atoms with E-state index in [1.165, 1.54) is 37.7 Å². The van der Waals surface area contributed by atoms with Crippen molar-refractivity contribution in [2.45, 2.75) is 57.9 Å². The quantitative estimate of drug-likeness (QED) is 0.737. The minimum Gasteiger partial charge on any atom is -0.466 e. The van der Waals surface area contributed by atoms with Gasteiger partial charge in [-0.05, 0) is 57.1 Å². The third-order valence-corrected chi connectivity index (χ3v) is 5.75. The molecule has 3 heteroatoms. The number of fused-ring (bicyclic) bond motifs is 1. The molecule has 2 fully saturated rings. The minimum absolute atomic E-state index is 0.0228. The second kappa shape index (κ2) is 8.66. The molecule has 0 spiro atoms. The van der Waals surface area contributed by atoms with Gasteiger partial charge in [0.1, 0.15) is 0 Å². The van der Waals surface area contributed by atoms with Crippen LogP contribution in [0.5, 0.6) is 0 Å². The number of aryl methyl sites for hydroxylation is 1. The lowest BCUT2D eigenvalue weighted by Crippen LogP contribution is -2.52. The van der Waals surface area contributed by atoms with Gasteiger partial charge in [0.2, 0.25) is 0 Å². The maximum absolute atomic E-state index is 12.3. The predicted molar refractivity (Wildman–Crippen MR) is 96.8 cm³/mol. The van der Waals surface area contributed by atoms with Crippen molar-refractivity contribution in [1.82, 2.24) is 4.90 Å². The number of likely N-dealkylation sites (tertiary alicyclic amines) is 1. The fourth-order valence-corrected chi connectivity index (χ4v) is 4.62. The minimum atomic E-state index is 0.0228. The van der Waals surface area contributed by atoms with Crippen LogP contribution >= 0.6 is 0 Å². The van der Waals surface area contributed by atoms with E-state index in [2.05, 4.69) is 35.2 Å². The van der Waals surface area contributed by atoms with E-state index in [-0.39, 0.29) is 11.9 Å². The Hall–Kier alpha value is -1.35. The van der Waals surface area contributed by atoms with Gasteiger partial charge >= 0.3 is 5.97 Å². The molecule has 1 aliphatic carbocycles. The molecule has 1 saturated heterocycles. The van der Waals surface area contributed by atoms with Crippen molar-refractivity contribution in [3.05, 3.63) is 35.9 Å². The van der Waals surface area contributed by atoms with Gasteiger partial charge in [0, 0.05) is 12.6 Å². The van der Waals surface area contributed by atoms with E-state index in [0.29, 0.717) is 18.6 Å². The smallest absolute Gasteiger partial charge is 0.310 e. The number of hydrogen-bond acceptors (Lipinski definition) is 3. The molecule has 3 rings (SSSR count). The van der Waals surface area contributed by atoms with Gasteiger partial charge in [0.05, 0.1) is 12.5 Å². The monoisotopic (exact) mass is 329 g/mol. The van der Waals surface area contributed by atoms with Crippen LogP contribution in [-0.2, 0) is 16.0 Å². The zero-order chi connectivity index (χ0) is 16.8. The van der Waals surface area contributed by atoms with E-state index in [1.807, 2.05) is 6.92 Å². The Morgan fingerprint density at radius 3 is 2.79 bits per heavy atom. The van der Waals surface area contributed by atoms with E-state index >= 15 is 0 Å².